The quantitative estimate of drug-likeness (QED) is 0.746. The predicted molar refractivity (Wildman–Crippen MR) is 68.3 cm³/mol. The van der Waals surface area contributed by atoms with Gasteiger partial charge in [-0.3, -0.25) is 4.79 Å². The molecule has 1 aromatic rings. The van der Waals surface area contributed by atoms with Crippen molar-refractivity contribution in [1.29, 1.82) is 0 Å². The van der Waals surface area contributed by atoms with Crippen LogP contribution >= 0.6 is 0 Å². The first kappa shape index (κ1) is 12.8. The first-order valence-corrected chi connectivity index (χ1v) is 5.98. The van der Waals surface area contributed by atoms with Crippen LogP contribution in [0.15, 0.2) is 24.3 Å². The van der Waals surface area contributed by atoms with Crippen LogP contribution in [-0.2, 0) is 11.2 Å². The molecule has 0 aliphatic rings. The summed E-state index contributed by atoms with van der Waals surface area (Å²) in [6.07, 6.45) is 3.31. The van der Waals surface area contributed by atoms with Gasteiger partial charge in [0.25, 0.3) is 0 Å². The van der Waals surface area contributed by atoms with Gasteiger partial charge >= 0.3 is 0 Å². The molecule has 0 aromatic heterocycles. The molecule has 0 saturated carbocycles. The predicted octanol–water partition coefficient (Wildman–Crippen LogP) is 3.21. The van der Waals surface area contributed by atoms with Gasteiger partial charge in [-0.15, -0.1) is 0 Å². The molecule has 0 heterocycles. The molecule has 2 heteroatoms. The second-order valence-corrected chi connectivity index (χ2v) is 4.54. The summed E-state index contributed by atoms with van der Waals surface area (Å²) >= 11 is 0. The average Bonchev–Trinajstić information content (AvgIpc) is 2.21. The van der Waals surface area contributed by atoms with Gasteiger partial charge in [0.05, 0.1) is 0 Å². The van der Waals surface area contributed by atoms with Crippen LogP contribution in [0.4, 0.5) is 5.69 Å². The zero-order chi connectivity index (χ0) is 12.0. The summed E-state index contributed by atoms with van der Waals surface area (Å²) in [6, 6.07) is 7.90. The maximum atomic E-state index is 11.5. The molecule has 1 unspecified atom stereocenters. The molecule has 2 nitrogen and oxygen atoms in total. The Labute approximate surface area is 97.9 Å². The summed E-state index contributed by atoms with van der Waals surface area (Å²) in [5.41, 5.74) is 7.67. The second kappa shape index (κ2) is 6.31. The molecule has 16 heavy (non-hydrogen) atoms. The highest BCUT2D eigenvalue weighted by atomic mass is 16.1. The lowest BCUT2D eigenvalue weighted by molar-refractivity contribution is -0.119. The summed E-state index contributed by atoms with van der Waals surface area (Å²) in [6.45, 7) is 4.17. The van der Waals surface area contributed by atoms with Crippen molar-refractivity contribution in [2.24, 2.45) is 5.92 Å². The minimum absolute atomic E-state index is 0.380. The molecule has 0 aliphatic heterocycles. The molecule has 0 saturated heterocycles. The molecule has 0 aliphatic carbocycles. The zero-order valence-corrected chi connectivity index (χ0v) is 10.2. The van der Waals surface area contributed by atoms with E-state index in [4.69, 9.17) is 5.73 Å². The molecule has 0 fully saturated rings. The van der Waals surface area contributed by atoms with Gasteiger partial charge in [0.1, 0.15) is 5.78 Å². The van der Waals surface area contributed by atoms with Crippen molar-refractivity contribution in [3.8, 4) is 0 Å². The molecule has 1 aromatic carbocycles. The Balaban J connectivity index is 2.42. The lowest BCUT2D eigenvalue weighted by Gasteiger charge is -2.10. The minimum Gasteiger partial charge on any atom is -0.399 e. The first-order chi connectivity index (χ1) is 7.61. The van der Waals surface area contributed by atoms with Crippen LogP contribution in [0.1, 0.15) is 38.7 Å². The normalized spacial score (nSPS) is 12.4. The van der Waals surface area contributed by atoms with E-state index in [0.29, 0.717) is 24.5 Å². The third-order valence-corrected chi connectivity index (χ3v) is 2.67. The van der Waals surface area contributed by atoms with E-state index in [1.807, 2.05) is 31.2 Å². The smallest absolute Gasteiger partial charge is 0.133 e. The van der Waals surface area contributed by atoms with Crippen LogP contribution in [0.5, 0.6) is 0 Å². The maximum Gasteiger partial charge on any atom is 0.133 e. The minimum atomic E-state index is 0.380. The van der Waals surface area contributed by atoms with Crippen LogP contribution in [-0.4, -0.2) is 5.78 Å². The Bertz CT molecular complexity index is 329. The van der Waals surface area contributed by atoms with Gasteiger partial charge in [0.2, 0.25) is 0 Å². The number of carbonyl (C=O) groups excluding carboxylic acids is 1. The Morgan fingerprint density at radius 1 is 1.31 bits per heavy atom. The molecule has 2 N–H and O–H groups in total. The van der Waals surface area contributed by atoms with E-state index < -0.39 is 0 Å². The number of carbonyl (C=O) groups is 1. The molecule has 0 bridgehead atoms. The molecule has 0 radical (unpaired) electrons. The third-order valence-electron chi connectivity index (χ3n) is 2.67. The lowest BCUT2D eigenvalue weighted by atomic mass is 9.95. The van der Waals surface area contributed by atoms with Crippen molar-refractivity contribution in [2.75, 3.05) is 5.73 Å². The number of nitrogen functional groups attached to an aromatic ring is 1. The molecular formula is C14H21NO. The highest BCUT2D eigenvalue weighted by Crippen LogP contribution is 2.14. The number of anilines is 1. The summed E-state index contributed by atoms with van der Waals surface area (Å²) in [4.78, 5) is 11.5. The number of ketones is 1. The lowest BCUT2D eigenvalue weighted by Crippen LogP contribution is -2.07. The number of Topliss-reactive ketones (excluding diaryl/α,β-unsaturated/α-hetero) is 1. The van der Waals surface area contributed by atoms with Gasteiger partial charge in [-0.25, -0.2) is 0 Å². The van der Waals surface area contributed by atoms with Crippen LogP contribution in [0, 0.1) is 5.92 Å². The van der Waals surface area contributed by atoms with Crippen molar-refractivity contribution < 1.29 is 4.79 Å². The molecular weight excluding hydrogens is 198 g/mol. The third kappa shape index (κ3) is 4.47. The highest BCUT2D eigenvalue weighted by Gasteiger charge is 2.09. The van der Waals surface area contributed by atoms with Crippen LogP contribution < -0.4 is 5.73 Å². The zero-order valence-electron chi connectivity index (χ0n) is 10.2. The number of rotatable bonds is 6. The Morgan fingerprint density at radius 3 is 2.50 bits per heavy atom. The van der Waals surface area contributed by atoms with E-state index in [9.17, 15) is 4.79 Å². The average molecular weight is 219 g/mol. The SMILES string of the molecule is CCCC(=O)CC(C)Cc1ccc(N)cc1. The second-order valence-electron chi connectivity index (χ2n) is 4.54. The number of benzene rings is 1. The van der Waals surface area contributed by atoms with Crippen molar-refractivity contribution >= 4 is 11.5 Å². The van der Waals surface area contributed by atoms with Gasteiger partial charge in [-0.05, 0) is 36.5 Å². The van der Waals surface area contributed by atoms with E-state index >= 15 is 0 Å². The van der Waals surface area contributed by atoms with E-state index in [1.54, 1.807) is 0 Å². The van der Waals surface area contributed by atoms with Crippen molar-refractivity contribution in [1.82, 2.24) is 0 Å². The van der Waals surface area contributed by atoms with Gasteiger partial charge in [-0.2, -0.15) is 0 Å². The summed E-state index contributed by atoms with van der Waals surface area (Å²) in [5, 5.41) is 0. The summed E-state index contributed by atoms with van der Waals surface area (Å²) in [5.74, 6) is 0.799. The van der Waals surface area contributed by atoms with Gasteiger partial charge in [0.15, 0.2) is 0 Å². The fraction of sp³-hybridized carbons (Fsp3) is 0.500. The fourth-order valence-corrected chi connectivity index (χ4v) is 1.90. The topological polar surface area (TPSA) is 43.1 Å². The van der Waals surface area contributed by atoms with E-state index in [2.05, 4.69) is 6.92 Å². The molecule has 1 rings (SSSR count). The standard InChI is InChI=1S/C14H21NO/c1-3-4-14(16)10-11(2)9-12-5-7-13(15)8-6-12/h5-8,11H,3-4,9-10,15H2,1-2H3. The van der Waals surface area contributed by atoms with Crippen LogP contribution in [0.3, 0.4) is 0 Å². The van der Waals surface area contributed by atoms with Crippen LogP contribution in [0.25, 0.3) is 0 Å². The van der Waals surface area contributed by atoms with E-state index in [0.717, 1.165) is 18.5 Å². The van der Waals surface area contributed by atoms with Crippen molar-refractivity contribution in [3.63, 3.8) is 0 Å². The molecule has 1 atom stereocenters. The van der Waals surface area contributed by atoms with Crippen molar-refractivity contribution in [3.05, 3.63) is 29.8 Å². The summed E-state index contributed by atoms with van der Waals surface area (Å²) in [7, 11) is 0. The number of nitrogens with two attached hydrogens (primary N) is 1. The first-order valence-electron chi connectivity index (χ1n) is 5.98. The summed E-state index contributed by atoms with van der Waals surface area (Å²) < 4.78 is 0. The Morgan fingerprint density at radius 2 is 1.94 bits per heavy atom. The molecule has 88 valence electrons. The van der Waals surface area contributed by atoms with Crippen molar-refractivity contribution in [2.45, 2.75) is 39.5 Å². The number of hydrogen-bond donors (Lipinski definition) is 1. The van der Waals surface area contributed by atoms with Gasteiger partial charge in [0, 0.05) is 18.5 Å². The Hall–Kier alpha value is -1.31. The van der Waals surface area contributed by atoms with Crippen LogP contribution in [0.2, 0.25) is 0 Å². The van der Waals surface area contributed by atoms with Gasteiger partial charge in [-0.1, -0.05) is 26.0 Å². The van der Waals surface area contributed by atoms with Gasteiger partial charge < -0.3 is 5.73 Å². The monoisotopic (exact) mass is 219 g/mol. The van der Waals surface area contributed by atoms with E-state index in [-0.39, 0.29) is 0 Å². The van der Waals surface area contributed by atoms with E-state index in [1.165, 1.54) is 5.56 Å². The number of hydrogen-bond acceptors (Lipinski definition) is 2. The Kier molecular flexibility index (Phi) is 5.03. The molecule has 0 amide bonds. The largest absolute Gasteiger partial charge is 0.399 e. The molecule has 0 spiro atoms. The maximum absolute atomic E-state index is 11.5. The fourth-order valence-electron chi connectivity index (χ4n) is 1.90. The highest BCUT2D eigenvalue weighted by molar-refractivity contribution is 5.78.